The lowest BCUT2D eigenvalue weighted by Gasteiger charge is -2.37. The average molecular weight is 484 g/mol. The van der Waals surface area contributed by atoms with Gasteiger partial charge < -0.3 is 10.3 Å². The molecule has 34 heavy (non-hydrogen) atoms. The van der Waals surface area contributed by atoms with E-state index in [1.54, 1.807) is 23.5 Å². The van der Waals surface area contributed by atoms with Crippen molar-refractivity contribution in [2.45, 2.75) is 39.2 Å². The molecule has 1 amide bonds. The molecule has 3 heterocycles. The van der Waals surface area contributed by atoms with E-state index in [1.807, 2.05) is 0 Å². The van der Waals surface area contributed by atoms with E-state index in [0.717, 1.165) is 55.7 Å². The third kappa shape index (κ3) is 4.78. The van der Waals surface area contributed by atoms with Crippen LogP contribution in [-0.2, 0) is 17.6 Å². The van der Waals surface area contributed by atoms with Crippen molar-refractivity contribution >= 4 is 33.1 Å². The van der Waals surface area contributed by atoms with E-state index in [-0.39, 0.29) is 23.3 Å². The Morgan fingerprint density at radius 1 is 1.26 bits per heavy atom. The molecule has 1 aromatic carbocycles. The van der Waals surface area contributed by atoms with Crippen LogP contribution in [0, 0.1) is 11.7 Å². The number of carbonyl (C=O) groups is 1. The van der Waals surface area contributed by atoms with E-state index in [1.165, 1.54) is 22.6 Å². The maximum Gasteiger partial charge on any atom is 0.259 e. The summed E-state index contributed by atoms with van der Waals surface area (Å²) in [5, 5.41) is 3.60. The van der Waals surface area contributed by atoms with Gasteiger partial charge in [0.25, 0.3) is 5.56 Å². The Morgan fingerprint density at radius 3 is 2.74 bits per heavy atom. The average Bonchev–Trinajstić information content (AvgIpc) is 3.18. The van der Waals surface area contributed by atoms with E-state index in [4.69, 9.17) is 4.98 Å². The largest absolute Gasteiger partial charge is 0.325 e. The lowest BCUT2D eigenvalue weighted by atomic mass is 9.89. The van der Waals surface area contributed by atoms with Gasteiger partial charge >= 0.3 is 0 Å². The van der Waals surface area contributed by atoms with Crippen molar-refractivity contribution in [1.29, 1.82) is 0 Å². The summed E-state index contributed by atoms with van der Waals surface area (Å²) in [5.41, 5.74) is 1.78. The first-order chi connectivity index (χ1) is 16.4. The van der Waals surface area contributed by atoms with Crippen LogP contribution >= 0.6 is 11.3 Å². The lowest BCUT2D eigenvalue weighted by Crippen LogP contribution is -2.49. The Hall–Kier alpha value is -2.62. The molecule has 0 spiro atoms. The van der Waals surface area contributed by atoms with Crippen molar-refractivity contribution in [3.63, 3.8) is 0 Å². The molecule has 1 saturated heterocycles. The number of thiophene rings is 1. The molecule has 3 aromatic rings. The lowest BCUT2D eigenvalue weighted by molar-refractivity contribution is -0.117. The molecule has 0 saturated carbocycles. The fourth-order valence-corrected chi connectivity index (χ4v) is 6.37. The molecule has 2 unspecified atom stereocenters. The Balaban J connectivity index is 1.21. The minimum Gasteiger partial charge on any atom is -0.325 e. The number of nitrogens with zero attached hydrogens (tertiary/aromatic N) is 3. The summed E-state index contributed by atoms with van der Waals surface area (Å²) in [6.45, 7) is 7.70. The smallest absolute Gasteiger partial charge is 0.259 e. The molecule has 9 heteroatoms. The number of aryl methyl sites for hydroxylation is 1. The fourth-order valence-electron chi connectivity index (χ4n) is 4.98. The molecule has 1 aliphatic heterocycles. The number of benzene rings is 1. The molecule has 1 fully saturated rings. The van der Waals surface area contributed by atoms with E-state index >= 15 is 0 Å². The number of piperazine rings is 1. The van der Waals surface area contributed by atoms with Gasteiger partial charge in [0.15, 0.2) is 0 Å². The zero-order chi connectivity index (χ0) is 23.8. The number of hydrogen-bond acceptors (Lipinski definition) is 6. The second kappa shape index (κ2) is 9.56. The molecule has 2 aromatic heterocycles. The highest BCUT2D eigenvalue weighted by molar-refractivity contribution is 7.18. The molecule has 1 aliphatic carbocycles. The Kier molecular flexibility index (Phi) is 6.50. The summed E-state index contributed by atoms with van der Waals surface area (Å²) in [7, 11) is 0. The zero-order valence-corrected chi connectivity index (χ0v) is 20.4. The van der Waals surface area contributed by atoms with Crippen LogP contribution in [0.2, 0.25) is 0 Å². The van der Waals surface area contributed by atoms with Crippen molar-refractivity contribution in [1.82, 2.24) is 19.8 Å². The normalized spacial score (nSPS) is 20.3. The predicted octanol–water partition coefficient (Wildman–Crippen LogP) is 3.57. The van der Waals surface area contributed by atoms with Crippen molar-refractivity contribution < 1.29 is 9.18 Å². The molecule has 2 aliphatic rings. The Bertz CT molecular complexity index is 1250. The molecular weight excluding hydrogens is 453 g/mol. The van der Waals surface area contributed by atoms with Gasteiger partial charge in [0.05, 0.1) is 18.0 Å². The summed E-state index contributed by atoms with van der Waals surface area (Å²) < 4.78 is 13.0. The van der Waals surface area contributed by atoms with Gasteiger partial charge in [-0.15, -0.1) is 11.3 Å². The van der Waals surface area contributed by atoms with Gasteiger partial charge in [0.1, 0.15) is 16.5 Å². The number of carbonyl (C=O) groups excluding carboxylic acids is 1. The number of hydrogen-bond donors (Lipinski definition) is 2. The van der Waals surface area contributed by atoms with Gasteiger partial charge in [-0.25, -0.2) is 9.37 Å². The topological polar surface area (TPSA) is 81.3 Å². The maximum atomic E-state index is 13.0. The molecule has 0 radical (unpaired) electrons. The van der Waals surface area contributed by atoms with Crippen LogP contribution in [0.15, 0.2) is 29.1 Å². The van der Waals surface area contributed by atoms with Crippen molar-refractivity contribution in [2.24, 2.45) is 5.92 Å². The number of nitrogens with one attached hydrogen (secondary N) is 2. The number of halogens is 1. The summed E-state index contributed by atoms with van der Waals surface area (Å²) in [5.74, 6) is 0.936. The number of fused-ring (bicyclic) bond motifs is 3. The van der Waals surface area contributed by atoms with Crippen LogP contribution in [0.3, 0.4) is 0 Å². The second-order valence-corrected chi connectivity index (χ2v) is 10.6. The summed E-state index contributed by atoms with van der Waals surface area (Å²) >= 11 is 1.68. The molecule has 5 rings (SSSR count). The van der Waals surface area contributed by atoms with Gasteiger partial charge in [-0.1, -0.05) is 6.92 Å². The highest BCUT2D eigenvalue weighted by Gasteiger charge is 2.27. The van der Waals surface area contributed by atoms with Gasteiger partial charge in [0.2, 0.25) is 5.91 Å². The third-order valence-electron chi connectivity index (χ3n) is 7.03. The number of amides is 1. The third-order valence-corrected chi connectivity index (χ3v) is 8.18. The van der Waals surface area contributed by atoms with Crippen LogP contribution in [0.5, 0.6) is 0 Å². The molecule has 2 atom stereocenters. The number of anilines is 1. The summed E-state index contributed by atoms with van der Waals surface area (Å²) in [4.78, 5) is 39.9. The van der Waals surface area contributed by atoms with Gasteiger partial charge in [0, 0.05) is 36.7 Å². The predicted molar refractivity (Wildman–Crippen MR) is 133 cm³/mol. The second-order valence-electron chi connectivity index (χ2n) is 9.53. The number of aromatic nitrogens is 2. The minimum atomic E-state index is -0.327. The first-order valence-electron chi connectivity index (χ1n) is 11.9. The number of H-pyrrole nitrogens is 1. The monoisotopic (exact) mass is 483 g/mol. The van der Waals surface area contributed by atoms with Gasteiger partial charge in [-0.05, 0) is 61.9 Å². The Labute approximate surface area is 202 Å². The molecule has 7 nitrogen and oxygen atoms in total. The number of aromatic amines is 1. The fraction of sp³-hybridized carbons (Fsp3) is 0.480. The molecule has 180 valence electrons. The van der Waals surface area contributed by atoms with Gasteiger partial charge in [-0.3, -0.25) is 19.4 Å². The van der Waals surface area contributed by atoms with E-state index in [9.17, 15) is 14.0 Å². The summed E-state index contributed by atoms with van der Waals surface area (Å²) in [6.07, 6.45) is 3.13. The first-order valence-corrected chi connectivity index (χ1v) is 12.8. The zero-order valence-electron chi connectivity index (χ0n) is 19.6. The quantitative estimate of drug-likeness (QED) is 0.580. The number of rotatable bonds is 5. The standard InChI is InChI=1S/C25H30FN5O2S/c1-15-3-8-19-20(13-15)34-25-22(19)24(33)28-23(29-25)16(2)31-11-9-30(10-12-31)14-21(32)27-18-6-4-17(26)5-7-18/h4-7,15-16H,3,8-14H2,1-2H3,(H,27,32)(H,28,29,33). The van der Waals surface area contributed by atoms with Gasteiger partial charge in [-0.2, -0.15) is 0 Å². The SMILES string of the molecule is CC1CCc2c(sc3nc(C(C)N4CCN(CC(=O)Nc5ccc(F)cc5)CC4)[nH]c(=O)c23)C1. The van der Waals surface area contributed by atoms with Crippen molar-refractivity contribution in [3.8, 4) is 0 Å². The molecule has 0 bridgehead atoms. The van der Waals surface area contributed by atoms with Crippen molar-refractivity contribution in [2.75, 3.05) is 38.0 Å². The van der Waals surface area contributed by atoms with Crippen LogP contribution < -0.4 is 10.9 Å². The van der Waals surface area contributed by atoms with Crippen LogP contribution in [0.25, 0.3) is 10.2 Å². The highest BCUT2D eigenvalue weighted by Crippen LogP contribution is 2.36. The van der Waals surface area contributed by atoms with Crippen LogP contribution in [0.4, 0.5) is 10.1 Å². The highest BCUT2D eigenvalue weighted by atomic mass is 32.1. The summed E-state index contributed by atoms with van der Waals surface area (Å²) in [6, 6.07) is 5.77. The Morgan fingerprint density at radius 2 is 2.00 bits per heavy atom. The first kappa shape index (κ1) is 23.1. The van der Waals surface area contributed by atoms with E-state index < -0.39 is 0 Å². The molecular formula is C25H30FN5O2S. The maximum absolute atomic E-state index is 13.0. The minimum absolute atomic E-state index is 0.00894. The molecule has 2 N–H and O–H groups in total. The van der Waals surface area contributed by atoms with E-state index in [2.05, 4.69) is 33.9 Å². The van der Waals surface area contributed by atoms with Crippen LogP contribution in [0.1, 0.15) is 42.6 Å². The van der Waals surface area contributed by atoms with Crippen LogP contribution in [-0.4, -0.2) is 58.4 Å². The van der Waals surface area contributed by atoms with E-state index in [0.29, 0.717) is 24.0 Å². The van der Waals surface area contributed by atoms with Crippen molar-refractivity contribution in [3.05, 3.63) is 56.7 Å².